The summed E-state index contributed by atoms with van der Waals surface area (Å²) < 4.78 is 32.3. The fourth-order valence-electron chi connectivity index (χ4n) is 2.97. The fraction of sp³-hybridized carbons (Fsp3) is 0.294. The summed E-state index contributed by atoms with van der Waals surface area (Å²) in [6.07, 6.45) is 2.46. The molecule has 0 aliphatic carbocycles. The van der Waals surface area contributed by atoms with Crippen LogP contribution in [-0.2, 0) is 14.8 Å². The number of piperidine rings is 1. The minimum Gasteiger partial charge on any atom is -0.401 e. The number of amides is 1. The lowest BCUT2D eigenvalue weighted by Gasteiger charge is -2.29. The minimum absolute atomic E-state index is 0.000658. The van der Waals surface area contributed by atoms with Gasteiger partial charge in [-0.25, -0.2) is 8.42 Å². The van der Waals surface area contributed by atoms with Crippen LogP contribution in [0.4, 0.5) is 6.01 Å². The molecule has 0 spiro atoms. The van der Waals surface area contributed by atoms with E-state index in [-0.39, 0.29) is 23.7 Å². The van der Waals surface area contributed by atoms with Crippen LogP contribution in [0.1, 0.15) is 12.8 Å². The smallest absolute Gasteiger partial charge is 0.322 e. The number of nitrogens with one attached hydrogen (secondary N) is 1. The summed E-state index contributed by atoms with van der Waals surface area (Å²) in [4.78, 5) is 16.6. The molecule has 28 heavy (non-hydrogen) atoms. The zero-order valence-corrected chi connectivity index (χ0v) is 16.3. The van der Waals surface area contributed by atoms with E-state index in [1.165, 1.54) is 15.6 Å². The Hall–Kier alpha value is -2.63. The van der Waals surface area contributed by atoms with Crippen LogP contribution in [0.2, 0.25) is 0 Å². The predicted molar refractivity (Wildman–Crippen MR) is 102 cm³/mol. The summed E-state index contributed by atoms with van der Waals surface area (Å²) in [5.74, 6) is -0.364. The molecule has 9 nitrogen and oxygen atoms in total. The number of nitrogens with zero attached hydrogens (tertiary/aromatic N) is 4. The quantitative estimate of drug-likeness (QED) is 0.674. The monoisotopic (exact) mass is 419 g/mol. The Morgan fingerprint density at radius 2 is 2.00 bits per heavy atom. The fourth-order valence-corrected chi connectivity index (χ4v) is 5.58. The molecule has 1 amide bonds. The molecular formula is C17H17N5O4S2. The number of sulfonamides is 1. The highest BCUT2D eigenvalue weighted by atomic mass is 32.2. The Morgan fingerprint density at radius 3 is 2.68 bits per heavy atom. The highest BCUT2D eigenvalue weighted by Crippen LogP contribution is 2.27. The van der Waals surface area contributed by atoms with Crippen molar-refractivity contribution in [3.63, 3.8) is 0 Å². The number of thiophene rings is 1. The number of aromatic nitrogens is 3. The van der Waals surface area contributed by atoms with E-state index in [1.807, 2.05) is 0 Å². The van der Waals surface area contributed by atoms with Crippen molar-refractivity contribution in [3.05, 3.63) is 41.9 Å². The largest absolute Gasteiger partial charge is 0.401 e. The third-order valence-electron chi connectivity index (χ3n) is 4.45. The van der Waals surface area contributed by atoms with Gasteiger partial charge in [-0.15, -0.1) is 16.4 Å². The molecule has 1 aliphatic heterocycles. The van der Waals surface area contributed by atoms with Gasteiger partial charge in [-0.1, -0.05) is 17.2 Å². The van der Waals surface area contributed by atoms with Crippen LogP contribution < -0.4 is 5.32 Å². The van der Waals surface area contributed by atoms with E-state index in [9.17, 15) is 13.2 Å². The van der Waals surface area contributed by atoms with E-state index < -0.39 is 10.0 Å². The van der Waals surface area contributed by atoms with Gasteiger partial charge in [0, 0.05) is 25.2 Å². The molecule has 1 N–H and O–H groups in total. The molecular weight excluding hydrogens is 402 g/mol. The number of carbonyl (C=O) groups is 1. The standard InChI is InChI=1S/C17H17N5O4S2/c23-15(19-17-21-20-16(26-17)13-4-1-2-8-18-13)12-6-9-22(10-7-12)28(24,25)14-5-3-11-27-14/h1-5,8,11-12H,6-7,9-10H2,(H,19,21,23). The number of hydrogen-bond acceptors (Lipinski definition) is 8. The molecule has 0 atom stereocenters. The normalized spacial score (nSPS) is 16.1. The first-order valence-corrected chi connectivity index (χ1v) is 11.0. The van der Waals surface area contributed by atoms with Crippen LogP contribution in [0.25, 0.3) is 11.6 Å². The van der Waals surface area contributed by atoms with Gasteiger partial charge < -0.3 is 4.42 Å². The van der Waals surface area contributed by atoms with Gasteiger partial charge in [0.1, 0.15) is 9.90 Å². The van der Waals surface area contributed by atoms with Crippen molar-refractivity contribution in [2.45, 2.75) is 17.1 Å². The first-order valence-electron chi connectivity index (χ1n) is 8.63. The number of carbonyl (C=O) groups excluding carboxylic acids is 1. The summed E-state index contributed by atoms with van der Waals surface area (Å²) in [5, 5.41) is 12.0. The van der Waals surface area contributed by atoms with Crippen molar-refractivity contribution in [2.24, 2.45) is 5.92 Å². The van der Waals surface area contributed by atoms with Gasteiger partial charge in [0.15, 0.2) is 0 Å². The van der Waals surface area contributed by atoms with E-state index in [2.05, 4.69) is 20.5 Å². The Morgan fingerprint density at radius 1 is 1.18 bits per heavy atom. The first-order chi connectivity index (χ1) is 13.5. The van der Waals surface area contributed by atoms with Crippen molar-refractivity contribution >= 4 is 33.3 Å². The van der Waals surface area contributed by atoms with Gasteiger partial charge in [-0.05, 0) is 36.4 Å². The lowest BCUT2D eigenvalue weighted by molar-refractivity contribution is -0.121. The van der Waals surface area contributed by atoms with Gasteiger partial charge in [0.25, 0.3) is 15.9 Å². The van der Waals surface area contributed by atoms with Crippen LogP contribution in [0.5, 0.6) is 0 Å². The second kappa shape index (κ2) is 7.78. The van der Waals surface area contributed by atoms with Gasteiger partial charge in [0.05, 0.1) is 0 Å². The van der Waals surface area contributed by atoms with Crippen molar-refractivity contribution in [1.29, 1.82) is 0 Å². The summed E-state index contributed by atoms with van der Waals surface area (Å²) in [7, 11) is -3.48. The van der Waals surface area contributed by atoms with Crippen LogP contribution in [0.15, 0.2) is 50.5 Å². The minimum atomic E-state index is -3.48. The average molecular weight is 419 g/mol. The van der Waals surface area contributed by atoms with E-state index in [0.717, 1.165) is 0 Å². The Bertz CT molecular complexity index is 1040. The summed E-state index contributed by atoms with van der Waals surface area (Å²) in [6, 6.07) is 8.59. The van der Waals surface area contributed by atoms with Crippen molar-refractivity contribution in [3.8, 4) is 11.6 Å². The van der Waals surface area contributed by atoms with Crippen molar-refractivity contribution in [1.82, 2.24) is 19.5 Å². The Kier molecular flexibility index (Phi) is 5.20. The summed E-state index contributed by atoms with van der Waals surface area (Å²) in [5.41, 5.74) is 0.516. The maximum Gasteiger partial charge on any atom is 0.322 e. The molecule has 1 fully saturated rings. The lowest BCUT2D eigenvalue weighted by Crippen LogP contribution is -2.41. The van der Waals surface area contributed by atoms with Crippen LogP contribution in [0, 0.1) is 5.92 Å². The summed E-state index contributed by atoms with van der Waals surface area (Å²) >= 11 is 1.19. The molecule has 0 radical (unpaired) electrons. The van der Waals surface area contributed by atoms with E-state index in [4.69, 9.17) is 4.42 Å². The maximum atomic E-state index is 12.5. The topological polar surface area (TPSA) is 118 Å². The maximum absolute atomic E-state index is 12.5. The molecule has 3 aromatic heterocycles. The molecule has 0 aromatic carbocycles. The lowest BCUT2D eigenvalue weighted by atomic mass is 9.97. The van der Waals surface area contributed by atoms with Gasteiger partial charge >= 0.3 is 6.01 Å². The molecule has 0 saturated carbocycles. The number of hydrogen-bond donors (Lipinski definition) is 1. The zero-order valence-electron chi connectivity index (χ0n) is 14.7. The number of rotatable bonds is 5. The Balaban J connectivity index is 1.35. The molecule has 1 aliphatic rings. The molecule has 0 bridgehead atoms. The van der Waals surface area contributed by atoms with Crippen molar-refractivity contribution in [2.75, 3.05) is 18.4 Å². The van der Waals surface area contributed by atoms with Crippen LogP contribution >= 0.6 is 11.3 Å². The second-order valence-electron chi connectivity index (χ2n) is 6.23. The molecule has 0 unspecified atom stereocenters. The van der Waals surface area contributed by atoms with E-state index >= 15 is 0 Å². The van der Waals surface area contributed by atoms with Crippen LogP contribution in [0.3, 0.4) is 0 Å². The van der Waals surface area contributed by atoms with Gasteiger partial charge in [-0.3, -0.25) is 15.1 Å². The van der Waals surface area contributed by atoms with Crippen molar-refractivity contribution < 1.29 is 17.6 Å². The Labute approximate surface area is 165 Å². The zero-order chi connectivity index (χ0) is 19.6. The summed E-state index contributed by atoms with van der Waals surface area (Å²) in [6.45, 7) is 0.586. The highest BCUT2D eigenvalue weighted by molar-refractivity contribution is 7.91. The van der Waals surface area contributed by atoms with E-state index in [0.29, 0.717) is 35.8 Å². The van der Waals surface area contributed by atoms with Gasteiger partial charge in [0.2, 0.25) is 5.91 Å². The first kappa shape index (κ1) is 18.7. The molecule has 11 heteroatoms. The van der Waals surface area contributed by atoms with Crippen LogP contribution in [-0.4, -0.2) is 46.9 Å². The van der Waals surface area contributed by atoms with E-state index in [1.54, 1.807) is 41.9 Å². The highest BCUT2D eigenvalue weighted by Gasteiger charge is 2.33. The molecule has 1 saturated heterocycles. The second-order valence-corrected chi connectivity index (χ2v) is 9.34. The average Bonchev–Trinajstić information content (AvgIpc) is 3.41. The molecule has 4 heterocycles. The SMILES string of the molecule is O=C(Nc1nnc(-c2ccccn2)o1)C1CCN(S(=O)(=O)c2cccs2)CC1. The number of anilines is 1. The molecule has 4 rings (SSSR count). The molecule has 3 aromatic rings. The van der Waals surface area contributed by atoms with Gasteiger partial charge in [-0.2, -0.15) is 4.31 Å². The third-order valence-corrected chi connectivity index (χ3v) is 7.72. The predicted octanol–water partition coefficient (Wildman–Crippen LogP) is 2.23. The number of pyridine rings is 1. The third kappa shape index (κ3) is 3.81. The molecule has 146 valence electrons.